The van der Waals surface area contributed by atoms with Crippen molar-refractivity contribution in [1.29, 1.82) is 0 Å². The van der Waals surface area contributed by atoms with E-state index in [9.17, 15) is 8.42 Å². The second-order valence-corrected chi connectivity index (χ2v) is 8.46. The van der Waals surface area contributed by atoms with Gasteiger partial charge in [-0.05, 0) is 42.8 Å². The molecule has 0 saturated carbocycles. The quantitative estimate of drug-likeness (QED) is 0.656. The Morgan fingerprint density at radius 2 is 1.76 bits per heavy atom. The molecule has 1 aliphatic heterocycles. The lowest BCUT2D eigenvalue weighted by Crippen LogP contribution is -2.28. The van der Waals surface area contributed by atoms with E-state index < -0.39 is 10.0 Å². The summed E-state index contributed by atoms with van der Waals surface area (Å²) >= 11 is 0. The molecule has 1 atom stereocenters. The zero-order valence-electron chi connectivity index (χ0n) is 15.8. The predicted molar refractivity (Wildman–Crippen MR) is 106 cm³/mol. The molecule has 29 heavy (non-hydrogen) atoms. The third kappa shape index (κ3) is 4.17. The van der Waals surface area contributed by atoms with Gasteiger partial charge >= 0.3 is 0 Å². The fraction of sp³-hybridized carbons (Fsp3) is 0.263. The van der Waals surface area contributed by atoms with Crippen LogP contribution in [0.2, 0.25) is 0 Å². The summed E-state index contributed by atoms with van der Waals surface area (Å²) in [6.45, 7) is 0.806. The molecule has 2 aromatic heterocycles. The molecule has 1 fully saturated rings. The summed E-state index contributed by atoms with van der Waals surface area (Å²) in [4.78, 5) is 17.2. The Hall–Kier alpha value is -3.11. The van der Waals surface area contributed by atoms with E-state index in [4.69, 9.17) is 4.74 Å². The van der Waals surface area contributed by atoms with Gasteiger partial charge in [0.25, 0.3) is 0 Å². The summed E-state index contributed by atoms with van der Waals surface area (Å²) in [6.07, 6.45) is 5.58. The number of aromatic nitrogens is 4. The summed E-state index contributed by atoms with van der Waals surface area (Å²) in [5.74, 6) is 1.39. The minimum absolute atomic E-state index is 0.0109. The maximum absolute atomic E-state index is 12.9. The Morgan fingerprint density at radius 1 is 1.03 bits per heavy atom. The molecule has 1 aromatic carbocycles. The molecule has 0 radical (unpaired) electrons. The highest BCUT2D eigenvalue weighted by Crippen LogP contribution is 2.31. The Morgan fingerprint density at radius 3 is 2.48 bits per heavy atom. The number of sulfonamides is 1. The molecule has 0 spiro atoms. The second kappa shape index (κ2) is 8.10. The Kier molecular flexibility index (Phi) is 5.36. The number of hydrogen-bond donors (Lipinski definition) is 1. The first-order valence-electron chi connectivity index (χ1n) is 9.07. The maximum Gasteiger partial charge on any atom is 0.243 e. The molecule has 1 N–H and O–H groups in total. The van der Waals surface area contributed by atoms with Crippen molar-refractivity contribution >= 4 is 21.9 Å². The van der Waals surface area contributed by atoms with Crippen LogP contribution in [0.15, 0.2) is 59.9 Å². The number of anilines is 2. The molecule has 9 nitrogen and oxygen atoms in total. The number of hydrogen-bond acceptors (Lipinski definition) is 8. The van der Waals surface area contributed by atoms with Gasteiger partial charge in [0.2, 0.25) is 21.9 Å². The number of methoxy groups -OCH3 is 1. The minimum atomic E-state index is -3.56. The molecule has 1 aliphatic rings. The normalized spacial score (nSPS) is 17.2. The zero-order chi connectivity index (χ0) is 20.3. The lowest BCUT2D eigenvalue weighted by atomic mass is 10.1. The van der Waals surface area contributed by atoms with E-state index >= 15 is 0 Å². The highest BCUT2D eigenvalue weighted by atomic mass is 32.2. The van der Waals surface area contributed by atoms with Crippen molar-refractivity contribution in [2.75, 3.05) is 25.5 Å². The molecule has 3 aromatic rings. The van der Waals surface area contributed by atoms with Gasteiger partial charge in [-0.15, -0.1) is 0 Å². The van der Waals surface area contributed by atoms with Crippen LogP contribution in [0.1, 0.15) is 18.0 Å². The Balaban J connectivity index is 1.48. The monoisotopic (exact) mass is 412 g/mol. The fourth-order valence-electron chi connectivity index (χ4n) is 3.21. The summed E-state index contributed by atoms with van der Waals surface area (Å²) in [5.41, 5.74) is 0.783. The van der Waals surface area contributed by atoms with Crippen molar-refractivity contribution in [2.45, 2.75) is 17.2 Å². The van der Waals surface area contributed by atoms with Gasteiger partial charge in [0, 0.05) is 37.6 Å². The lowest BCUT2D eigenvalue weighted by Gasteiger charge is -2.17. The van der Waals surface area contributed by atoms with Gasteiger partial charge in [-0.25, -0.2) is 28.4 Å². The molecule has 150 valence electrons. The average molecular weight is 412 g/mol. The minimum Gasteiger partial charge on any atom is -0.497 e. The van der Waals surface area contributed by atoms with Crippen molar-refractivity contribution < 1.29 is 13.2 Å². The first-order valence-corrected chi connectivity index (χ1v) is 10.5. The summed E-state index contributed by atoms with van der Waals surface area (Å²) in [7, 11) is -2.02. The first-order chi connectivity index (χ1) is 14.1. The number of nitrogens with zero attached hydrogens (tertiary/aromatic N) is 5. The van der Waals surface area contributed by atoms with Crippen molar-refractivity contribution in [1.82, 2.24) is 24.2 Å². The van der Waals surface area contributed by atoms with Crippen LogP contribution >= 0.6 is 0 Å². The van der Waals surface area contributed by atoms with Crippen LogP contribution in [0.25, 0.3) is 0 Å². The number of rotatable bonds is 6. The number of ether oxygens (including phenoxy) is 1. The van der Waals surface area contributed by atoms with Gasteiger partial charge in [0.05, 0.1) is 17.7 Å². The van der Waals surface area contributed by atoms with Crippen molar-refractivity contribution in [3.63, 3.8) is 0 Å². The van der Waals surface area contributed by atoms with E-state index in [1.165, 1.54) is 4.31 Å². The van der Waals surface area contributed by atoms with E-state index in [0.29, 0.717) is 37.2 Å². The average Bonchev–Trinajstić information content (AvgIpc) is 3.26. The molecule has 0 bridgehead atoms. The standard InChI is InChI=1S/C19H20N6O3S/c1-28-15-3-5-16(6-4-15)29(26,27)25-12-8-14(13-25)17-7-11-22-19(23-17)24-18-20-9-2-10-21-18/h2-7,9-11,14H,8,12-13H2,1H3,(H,20,21,22,23,24)/t14-/m1/s1. The van der Waals surface area contributed by atoms with E-state index in [-0.39, 0.29) is 10.8 Å². The molecule has 4 rings (SSSR count). The van der Waals surface area contributed by atoms with Crippen LogP contribution in [0.3, 0.4) is 0 Å². The van der Waals surface area contributed by atoms with Crippen LogP contribution in [-0.2, 0) is 10.0 Å². The van der Waals surface area contributed by atoms with E-state index in [2.05, 4.69) is 25.3 Å². The molecule has 0 unspecified atom stereocenters. The molecular formula is C19H20N6O3S. The summed E-state index contributed by atoms with van der Waals surface area (Å²) in [6, 6.07) is 9.95. The molecule has 0 aliphatic carbocycles. The summed E-state index contributed by atoms with van der Waals surface area (Å²) < 4.78 is 32.5. The number of benzene rings is 1. The fourth-order valence-corrected chi connectivity index (χ4v) is 4.71. The van der Waals surface area contributed by atoms with Crippen LogP contribution < -0.4 is 10.1 Å². The molecular weight excluding hydrogens is 392 g/mol. The van der Waals surface area contributed by atoms with Gasteiger partial charge in [-0.2, -0.15) is 4.31 Å². The third-order valence-electron chi connectivity index (χ3n) is 4.73. The lowest BCUT2D eigenvalue weighted by molar-refractivity contribution is 0.414. The third-order valence-corrected chi connectivity index (χ3v) is 6.61. The maximum atomic E-state index is 12.9. The SMILES string of the molecule is COc1ccc(S(=O)(=O)N2CC[C@@H](c3ccnc(Nc4ncccn4)n3)C2)cc1. The van der Waals surface area contributed by atoms with Crippen LogP contribution in [0, 0.1) is 0 Å². The van der Waals surface area contributed by atoms with Gasteiger partial charge in [0.15, 0.2) is 0 Å². The van der Waals surface area contributed by atoms with E-state index in [1.807, 2.05) is 6.07 Å². The smallest absolute Gasteiger partial charge is 0.243 e. The highest BCUT2D eigenvalue weighted by molar-refractivity contribution is 7.89. The molecule has 0 amide bonds. The molecule has 10 heteroatoms. The van der Waals surface area contributed by atoms with E-state index in [1.54, 1.807) is 56.0 Å². The van der Waals surface area contributed by atoms with Crippen molar-refractivity contribution in [3.05, 3.63) is 60.7 Å². The van der Waals surface area contributed by atoms with Gasteiger partial charge < -0.3 is 4.74 Å². The van der Waals surface area contributed by atoms with Crippen LogP contribution in [0.5, 0.6) is 5.75 Å². The van der Waals surface area contributed by atoms with Crippen LogP contribution in [-0.4, -0.2) is 52.9 Å². The van der Waals surface area contributed by atoms with Gasteiger partial charge in [0.1, 0.15) is 5.75 Å². The highest BCUT2D eigenvalue weighted by Gasteiger charge is 2.34. The predicted octanol–water partition coefficient (Wildman–Crippen LogP) is 2.20. The zero-order valence-corrected chi connectivity index (χ0v) is 16.6. The Bertz CT molecular complexity index is 1080. The van der Waals surface area contributed by atoms with Crippen molar-refractivity contribution in [2.24, 2.45) is 0 Å². The molecule has 3 heterocycles. The topological polar surface area (TPSA) is 110 Å². The van der Waals surface area contributed by atoms with Gasteiger partial charge in [-0.3, -0.25) is 5.32 Å². The summed E-state index contributed by atoms with van der Waals surface area (Å²) in [5, 5.41) is 2.96. The second-order valence-electron chi connectivity index (χ2n) is 6.53. The first kappa shape index (κ1) is 19.2. The van der Waals surface area contributed by atoms with E-state index in [0.717, 1.165) is 5.69 Å². The molecule has 1 saturated heterocycles. The van der Waals surface area contributed by atoms with Crippen molar-refractivity contribution in [3.8, 4) is 5.75 Å². The number of nitrogens with one attached hydrogen (secondary N) is 1. The largest absolute Gasteiger partial charge is 0.497 e. The van der Waals surface area contributed by atoms with Gasteiger partial charge in [-0.1, -0.05) is 0 Å². The van der Waals surface area contributed by atoms with Crippen LogP contribution in [0.4, 0.5) is 11.9 Å². The Labute approximate surface area is 168 Å².